The molecule has 2 bridgehead atoms. The van der Waals surface area contributed by atoms with Gasteiger partial charge in [0.05, 0.1) is 24.2 Å². The van der Waals surface area contributed by atoms with Crippen LogP contribution >= 0.6 is 0 Å². The zero-order chi connectivity index (χ0) is 16.5. The monoisotopic (exact) mass is 328 g/mol. The average molecular weight is 328 g/mol. The van der Waals surface area contributed by atoms with E-state index in [2.05, 4.69) is 20.9 Å². The van der Waals surface area contributed by atoms with E-state index in [0.29, 0.717) is 24.8 Å². The van der Waals surface area contributed by atoms with Crippen LogP contribution in [0.15, 0.2) is 29.3 Å². The Morgan fingerprint density at radius 1 is 1.38 bits per heavy atom. The summed E-state index contributed by atoms with van der Waals surface area (Å²) >= 11 is 0. The molecule has 3 aliphatic rings. The third-order valence-corrected chi connectivity index (χ3v) is 5.29. The molecule has 0 radical (unpaired) electrons. The first-order valence-corrected chi connectivity index (χ1v) is 8.77. The molecule has 128 valence electrons. The summed E-state index contributed by atoms with van der Waals surface area (Å²) in [5, 5.41) is 9.75. The van der Waals surface area contributed by atoms with E-state index < -0.39 is 0 Å². The van der Waals surface area contributed by atoms with Crippen LogP contribution in [0.4, 0.5) is 5.69 Å². The van der Waals surface area contributed by atoms with Crippen LogP contribution in [0.5, 0.6) is 0 Å². The molecule has 1 aromatic carbocycles. The third kappa shape index (κ3) is 2.86. The minimum atomic E-state index is -0.0855. The predicted octanol–water partition coefficient (Wildman–Crippen LogP) is 1.60. The number of amides is 1. The van der Waals surface area contributed by atoms with E-state index in [9.17, 15) is 4.79 Å². The van der Waals surface area contributed by atoms with Gasteiger partial charge in [-0.2, -0.15) is 0 Å². The summed E-state index contributed by atoms with van der Waals surface area (Å²) in [5.41, 5.74) is 2.03. The van der Waals surface area contributed by atoms with Gasteiger partial charge in [-0.3, -0.25) is 9.79 Å². The minimum absolute atomic E-state index is 0.0855. The van der Waals surface area contributed by atoms with Gasteiger partial charge in [-0.15, -0.1) is 0 Å². The van der Waals surface area contributed by atoms with Crippen molar-refractivity contribution in [2.75, 3.05) is 18.9 Å². The number of rotatable bonds is 4. The first kappa shape index (κ1) is 15.4. The molecule has 6 nitrogen and oxygen atoms in total. The number of benzene rings is 1. The van der Waals surface area contributed by atoms with Crippen LogP contribution in [-0.2, 0) is 9.53 Å². The van der Waals surface area contributed by atoms with Gasteiger partial charge >= 0.3 is 0 Å². The summed E-state index contributed by atoms with van der Waals surface area (Å²) in [6.07, 6.45) is 4.87. The van der Waals surface area contributed by atoms with Crippen LogP contribution in [-0.4, -0.2) is 43.7 Å². The average Bonchev–Trinajstić information content (AvgIpc) is 3.28. The molecule has 2 saturated heterocycles. The summed E-state index contributed by atoms with van der Waals surface area (Å²) in [6.45, 7) is 0.702. The lowest BCUT2D eigenvalue weighted by molar-refractivity contribution is -0.117. The molecule has 4 rings (SSSR count). The second kappa shape index (κ2) is 6.43. The Bertz CT molecular complexity index is 660. The van der Waals surface area contributed by atoms with Gasteiger partial charge < -0.3 is 20.7 Å². The molecule has 3 aliphatic heterocycles. The highest BCUT2D eigenvalue weighted by Crippen LogP contribution is 2.35. The van der Waals surface area contributed by atoms with Gasteiger partial charge in [0.1, 0.15) is 0 Å². The predicted molar refractivity (Wildman–Crippen MR) is 93.2 cm³/mol. The smallest absolute Gasteiger partial charge is 0.232 e. The van der Waals surface area contributed by atoms with Gasteiger partial charge in [-0.25, -0.2) is 0 Å². The van der Waals surface area contributed by atoms with Gasteiger partial charge in [0, 0.05) is 19.3 Å². The van der Waals surface area contributed by atoms with Crippen LogP contribution in [0.1, 0.15) is 37.2 Å². The molecule has 1 amide bonds. The van der Waals surface area contributed by atoms with E-state index in [1.165, 1.54) is 6.42 Å². The number of aliphatic imine (C=N–C) groups is 1. The van der Waals surface area contributed by atoms with Crippen molar-refractivity contribution in [1.29, 1.82) is 0 Å². The molecule has 0 aromatic heterocycles. The van der Waals surface area contributed by atoms with E-state index in [1.807, 2.05) is 24.3 Å². The lowest BCUT2D eigenvalue weighted by Gasteiger charge is -2.23. The summed E-state index contributed by atoms with van der Waals surface area (Å²) in [4.78, 5) is 16.4. The number of para-hydroxylation sites is 1. The number of anilines is 1. The molecule has 6 heteroatoms. The fraction of sp³-hybridized carbons (Fsp3) is 0.556. The number of carbonyl (C=O) groups is 1. The van der Waals surface area contributed by atoms with Crippen molar-refractivity contribution in [3.05, 3.63) is 29.8 Å². The molecule has 4 unspecified atom stereocenters. The molecular formula is C18H24N4O2. The SMILES string of the molecule is CN=C(NCCC1C(=O)Nc2ccccc21)NC1CC2CCC1O2. The van der Waals surface area contributed by atoms with Crippen LogP contribution in [0.3, 0.4) is 0 Å². The molecule has 0 aliphatic carbocycles. The Morgan fingerprint density at radius 3 is 3.00 bits per heavy atom. The quantitative estimate of drug-likeness (QED) is 0.580. The number of nitrogens with one attached hydrogen (secondary N) is 3. The van der Waals surface area contributed by atoms with E-state index in [1.54, 1.807) is 7.05 Å². The van der Waals surface area contributed by atoms with Gasteiger partial charge in [0.2, 0.25) is 5.91 Å². The van der Waals surface area contributed by atoms with Crippen LogP contribution < -0.4 is 16.0 Å². The van der Waals surface area contributed by atoms with Gasteiger partial charge in [-0.1, -0.05) is 18.2 Å². The van der Waals surface area contributed by atoms with Crippen LogP contribution in [0, 0.1) is 0 Å². The van der Waals surface area contributed by atoms with Crippen molar-refractivity contribution < 1.29 is 9.53 Å². The van der Waals surface area contributed by atoms with E-state index in [0.717, 1.165) is 36.5 Å². The number of nitrogens with zero attached hydrogens (tertiary/aromatic N) is 1. The summed E-state index contributed by atoms with van der Waals surface area (Å²) in [5.74, 6) is 0.794. The second-order valence-electron chi connectivity index (χ2n) is 6.78. The first-order chi connectivity index (χ1) is 11.7. The lowest BCUT2D eigenvalue weighted by atomic mass is 9.95. The molecule has 2 fully saturated rings. The Balaban J connectivity index is 1.29. The molecule has 0 saturated carbocycles. The molecule has 1 aromatic rings. The van der Waals surface area contributed by atoms with Crippen molar-refractivity contribution in [2.45, 2.75) is 49.9 Å². The third-order valence-electron chi connectivity index (χ3n) is 5.29. The first-order valence-electron chi connectivity index (χ1n) is 8.77. The maximum absolute atomic E-state index is 12.1. The molecule has 4 atom stereocenters. The largest absolute Gasteiger partial charge is 0.373 e. The molecule has 3 N–H and O–H groups in total. The topological polar surface area (TPSA) is 74.8 Å². The van der Waals surface area contributed by atoms with Crippen molar-refractivity contribution in [3.8, 4) is 0 Å². The number of fused-ring (bicyclic) bond motifs is 3. The minimum Gasteiger partial charge on any atom is -0.373 e. The van der Waals surface area contributed by atoms with Crippen molar-refractivity contribution in [3.63, 3.8) is 0 Å². The Hall–Kier alpha value is -2.08. The van der Waals surface area contributed by atoms with E-state index in [4.69, 9.17) is 4.74 Å². The highest BCUT2D eigenvalue weighted by molar-refractivity contribution is 6.02. The van der Waals surface area contributed by atoms with Crippen LogP contribution in [0.25, 0.3) is 0 Å². The standard InChI is InChI=1S/C18H24N4O2/c1-19-18(22-15-10-11-6-7-16(15)24-11)20-9-8-13-12-4-2-3-5-14(12)21-17(13)23/h2-5,11,13,15-16H,6-10H2,1H3,(H,21,23)(H2,19,20,22). The van der Waals surface area contributed by atoms with Crippen LogP contribution in [0.2, 0.25) is 0 Å². The number of carbonyl (C=O) groups excluding carboxylic acids is 1. The molecule has 0 spiro atoms. The highest BCUT2D eigenvalue weighted by atomic mass is 16.5. The van der Waals surface area contributed by atoms with Gasteiger partial charge in [0.25, 0.3) is 0 Å². The molecule has 3 heterocycles. The Kier molecular flexibility index (Phi) is 4.14. The highest BCUT2D eigenvalue weighted by Gasteiger charge is 2.41. The van der Waals surface area contributed by atoms with E-state index >= 15 is 0 Å². The Labute approximate surface area is 142 Å². The maximum Gasteiger partial charge on any atom is 0.232 e. The summed E-state index contributed by atoms with van der Waals surface area (Å²) in [7, 11) is 1.78. The number of hydrogen-bond acceptors (Lipinski definition) is 3. The summed E-state index contributed by atoms with van der Waals surface area (Å²) < 4.78 is 5.87. The maximum atomic E-state index is 12.1. The number of guanidine groups is 1. The summed E-state index contributed by atoms with van der Waals surface area (Å²) in [6, 6.07) is 8.26. The number of hydrogen-bond donors (Lipinski definition) is 3. The van der Waals surface area contributed by atoms with Gasteiger partial charge in [-0.05, 0) is 37.3 Å². The Morgan fingerprint density at radius 2 is 2.25 bits per heavy atom. The van der Waals surface area contributed by atoms with E-state index in [-0.39, 0.29) is 11.8 Å². The molecular weight excluding hydrogens is 304 g/mol. The fourth-order valence-corrected chi connectivity index (χ4v) is 4.06. The van der Waals surface area contributed by atoms with Crippen molar-refractivity contribution in [1.82, 2.24) is 10.6 Å². The normalized spacial score (nSPS) is 31.0. The van der Waals surface area contributed by atoms with Gasteiger partial charge in [0.15, 0.2) is 5.96 Å². The zero-order valence-electron chi connectivity index (χ0n) is 13.9. The van der Waals surface area contributed by atoms with Crippen molar-refractivity contribution >= 4 is 17.6 Å². The lowest BCUT2D eigenvalue weighted by Crippen LogP contribution is -2.47. The zero-order valence-corrected chi connectivity index (χ0v) is 13.9. The fourth-order valence-electron chi connectivity index (χ4n) is 4.06. The second-order valence-corrected chi connectivity index (χ2v) is 6.78. The van der Waals surface area contributed by atoms with Crippen molar-refractivity contribution in [2.24, 2.45) is 4.99 Å². The molecule has 24 heavy (non-hydrogen) atoms. The number of ether oxygens (including phenoxy) is 1.